The molecule has 0 fully saturated rings. The summed E-state index contributed by atoms with van der Waals surface area (Å²) in [6.45, 7) is 1.98. The third-order valence-corrected chi connectivity index (χ3v) is 3.68. The van der Waals surface area contributed by atoms with E-state index in [2.05, 4.69) is 15.1 Å². The van der Waals surface area contributed by atoms with Crippen molar-refractivity contribution in [1.29, 1.82) is 0 Å². The first-order valence-electron chi connectivity index (χ1n) is 5.82. The normalized spacial score (nSPS) is 10.8. The van der Waals surface area contributed by atoms with Crippen LogP contribution < -0.4 is 5.73 Å². The Hall–Kier alpha value is -2.21. The maximum absolute atomic E-state index is 6.13. The Bertz CT molecular complexity index is 714. The van der Waals surface area contributed by atoms with Gasteiger partial charge in [0.2, 0.25) is 0 Å². The number of nitrogens with zero attached hydrogens (tertiary/aromatic N) is 4. The van der Waals surface area contributed by atoms with Gasteiger partial charge in [0.1, 0.15) is 17.2 Å². The zero-order valence-corrected chi connectivity index (χ0v) is 11.5. The quantitative estimate of drug-likeness (QED) is 0.777. The molecular formula is C13H13N5S. The first-order valence-corrected chi connectivity index (χ1v) is 6.70. The highest BCUT2D eigenvalue weighted by Gasteiger charge is 2.19. The maximum atomic E-state index is 6.13. The van der Waals surface area contributed by atoms with Gasteiger partial charge in [-0.05, 0) is 13.0 Å². The van der Waals surface area contributed by atoms with Crippen LogP contribution in [0, 0.1) is 6.92 Å². The molecule has 0 saturated heterocycles. The molecule has 0 unspecified atom stereocenters. The van der Waals surface area contributed by atoms with Crippen molar-refractivity contribution in [3.63, 3.8) is 0 Å². The molecule has 0 aliphatic heterocycles. The Morgan fingerprint density at radius 3 is 2.84 bits per heavy atom. The second kappa shape index (κ2) is 4.47. The fourth-order valence-corrected chi connectivity index (χ4v) is 2.58. The Kier molecular flexibility index (Phi) is 2.79. The first kappa shape index (κ1) is 11.9. The number of rotatable bonds is 2. The molecule has 0 aromatic carbocycles. The SMILES string of the molecule is Cc1nc(-c2nn(C)c(N)c2-c2cccnc2)cs1. The summed E-state index contributed by atoms with van der Waals surface area (Å²) in [6, 6.07) is 3.86. The van der Waals surface area contributed by atoms with Gasteiger partial charge in [-0.15, -0.1) is 11.3 Å². The third-order valence-electron chi connectivity index (χ3n) is 2.90. The highest BCUT2D eigenvalue weighted by Crippen LogP contribution is 2.35. The lowest BCUT2D eigenvalue weighted by atomic mass is 10.1. The zero-order chi connectivity index (χ0) is 13.4. The number of aryl methyl sites for hydroxylation is 2. The molecule has 3 aromatic heterocycles. The van der Waals surface area contributed by atoms with Gasteiger partial charge < -0.3 is 5.73 Å². The summed E-state index contributed by atoms with van der Waals surface area (Å²) in [6.07, 6.45) is 3.53. The van der Waals surface area contributed by atoms with Gasteiger partial charge in [0.25, 0.3) is 0 Å². The molecule has 0 atom stereocenters. The van der Waals surface area contributed by atoms with Gasteiger partial charge in [-0.3, -0.25) is 9.67 Å². The van der Waals surface area contributed by atoms with E-state index in [4.69, 9.17) is 5.73 Å². The van der Waals surface area contributed by atoms with Crippen molar-refractivity contribution in [3.8, 4) is 22.5 Å². The molecule has 19 heavy (non-hydrogen) atoms. The summed E-state index contributed by atoms with van der Waals surface area (Å²) in [7, 11) is 1.83. The van der Waals surface area contributed by atoms with E-state index in [0.29, 0.717) is 5.82 Å². The predicted octanol–water partition coefficient (Wildman–Crippen LogP) is 2.50. The second-order valence-electron chi connectivity index (χ2n) is 4.23. The summed E-state index contributed by atoms with van der Waals surface area (Å²) in [4.78, 5) is 8.63. The van der Waals surface area contributed by atoms with Crippen molar-refractivity contribution >= 4 is 17.2 Å². The van der Waals surface area contributed by atoms with Crippen molar-refractivity contribution < 1.29 is 0 Å². The zero-order valence-electron chi connectivity index (χ0n) is 10.7. The number of pyridine rings is 1. The Balaban J connectivity index is 2.24. The average Bonchev–Trinajstić information content (AvgIpc) is 2.96. The van der Waals surface area contributed by atoms with Gasteiger partial charge in [0, 0.05) is 30.4 Å². The summed E-state index contributed by atoms with van der Waals surface area (Å²) in [5, 5.41) is 7.49. The van der Waals surface area contributed by atoms with Gasteiger partial charge in [0.05, 0.1) is 10.6 Å². The van der Waals surface area contributed by atoms with Gasteiger partial charge >= 0.3 is 0 Å². The predicted molar refractivity (Wildman–Crippen MR) is 76.7 cm³/mol. The fraction of sp³-hybridized carbons (Fsp3) is 0.154. The van der Waals surface area contributed by atoms with E-state index in [1.807, 2.05) is 31.5 Å². The number of nitrogens with two attached hydrogens (primary N) is 1. The molecule has 96 valence electrons. The van der Waals surface area contributed by atoms with E-state index < -0.39 is 0 Å². The lowest BCUT2D eigenvalue weighted by Crippen LogP contribution is -1.98. The van der Waals surface area contributed by atoms with Gasteiger partial charge in [-0.25, -0.2) is 4.98 Å². The molecular weight excluding hydrogens is 258 g/mol. The molecule has 0 aliphatic carbocycles. The van der Waals surface area contributed by atoms with Crippen molar-refractivity contribution in [3.05, 3.63) is 34.9 Å². The van der Waals surface area contributed by atoms with Crippen molar-refractivity contribution in [2.45, 2.75) is 6.92 Å². The smallest absolute Gasteiger partial charge is 0.130 e. The summed E-state index contributed by atoms with van der Waals surface area (Å²) >= 11 is 1.60. The number of anilines is 1. The van der Waals surface area contributed by atoms with Crippen LogP contribution in [-0.2, 0) is 7.05 Å². The standard InChI is InChI=1S/C13H13N5S/c1-8-16-10(7-19-8)12-11(13(14)18(2)17-12)9-4-3-5-15-6-9/h3-7H,14H2,1-2H3. The van der Waals surface area contributed by atoms with E-state index >= 15 is 0 Å². The fourth-order valence-electron chi connectivity index (χ4n) is 1.98. The minimum atomic E-state index is 0.619. The highest BCUT2D eigenvalue weighted by molar-refractivity contribution is 7.09. The number of aromatic nitrogens is 4. The molecule has 3 aromatic rings. The van der Waals surface area contributed by atoms with Crippen LogP contribution in [0.4, 0.5) is 5.82 Å². The van der Waals surface area contributed by atoms with Crippen molar-refractivity contribution in [2.24, 2.45) is 7.05 Å². The van der Waals surface area contributed by atoms with Crippen LogP contribution in [0.1, 0.15) is 5.01 Å². The van der Waals surface area contributed by atoms with Gasteiger partial charge in [0.15, 0.2) is 0 Å². The molecule has 3 heterocycles. The lowest BCUT2D eigenvalue weighted by Gasteiger charge is -2.01. The van der Waals surface area contributed by atoms with Crippen LogP contribution in [0.3, 0.4) is 0 Å². The topological polar surface area (TPSA) is 69.6 Å². The largest absolute Gasteiger partial charge is 0.383 e. The molecule has 6 heteroatoms. The van der Waals surface area contributed by atoms with Crippen LogP contribution in [0.2, 0.25) is 0 Å². The molecule has 0 radical (unpaired) electrons. The van der Waals surface area contributed by atoms with Crippen molar-refractivity contribution in [1.82, 2.24) is 19.7 Å². The van der Waals surface area contributed by atoms with E-state index in [0.717, 1.165) is 27.5 Å². The summed E-state index contributed by atoms with van der Waals surface area (Å²) in [5.74, 6) is 0.619. The van der Waals surface area contributed by atoms with Gasteiger partial charge in [-0.2, -0.15) is 5.10 Å². The molecule has 2 N–H and O–H groups in total. The van der Waals surface area contributed by atoms with Crippen LogP contribution >= 0.6 is 11.3 Å². The first-order chi connectivity index (χ1) is 9.16. The van der Waals surface area contributed by atoms with Crippen LogP contribution in [0.15, 0.2) is 29.9 Å². The monoisotopic (exact) mass is 271 g/mol. The second-order valence-corrected chi connectivity index (χ2v) is 5.29. The average molecular weight is 271 g/mol. The lowest BCUT2D eigenvalue weighted by molar-refractivity contribution is 0.781. The molecule has 5 nitrogen and oxygen atoms in total. The number of nitrogen functional groups attached to an aromatic ring is 1. The Morgan fingerprint density at radius 1 is 1.37 bits per heavy atom. The molecule has 0 bridgehead atoms. The molecule has 0 saturated carbocycles. The number of thiazole rings is 1. The van der Waals surface area contributed by atoms with Crippen LogP contribution in [0.25, 0.3) is 22.5 Å². The molecule has 3 rings (SSSR count). The highest BCUT2D eigenvalue weighted by atomic mass is 32.1. The van der Waals surface area contributed by atoms with E-state index in [9.17, 15) is 0 Å². The minimum Gasteiger partial charge on any atom is -0.383 e. The number of hydrogen-bond acceptors (Lipinski definition) is 5. The van der Waals surface area contributed by atoms with E-state index in [1.165, 1.54) is 0 Å². The molecule has 0 spiro atoms. The molecule has 0 aliphatic rings. The van der Waals surface area contributed by atoms with Crippen molar-refractivity contribution in [2.75, 3.05) is 5.73 Å². The summed E-state index contributed by atoms with van der Waals surface area (Å²) in [5.41, 5.74) is 9.63. The third kappa shape index (κ3) is 2.00. The van der Waals surface area contributed by atoms with Crippen LogP contribution in [-0.4, -0.2) is 19.7 Å². The van der Waals surface area contributed by atoms with E-state index in [1.54, 1.807) is 28.4 Å². The van der Waals surface area contributed by atoms with Crippen LogP contribution in [0.5, 0.6) is 0 Å². The maximum Gasteiger partial charge on any atom is 0.130 e. The Morgan fingerprint density at radius 2 is 2.21 bits per heavy atom. The Labute approximate surface area is 114 Å². The van der Waals surface area contributed by atoms with E-state index in [-0.39, 0.29) is 0 Å². The minimum absolute atomic E-state index is 0.619. The molecule has 0 amide bonds. The van der Waals surface area contributed by atoms with Gasteiger partial charge in [-0.1, -0.05) is 6.07 Å². The number of hydrogen-bond donors (Lipinski definition) is 1. The summed E-state index contributed by atoms with van der Waals surface area (Å²) < 4.78 is 1.67.